The van der Waals surface area contributed by atoms with E-state index in [2.05, 4.69) is 10.1 Å². The summed E-state index contributed by atoms with van der Waals surface area (Å²) in [5.74, 6) is -0.279. The molecule has 0 aliphatic carbocycles. The summed E-state index contributed by atoms with van der Waals surface area (Å²) in [6.07, 6.45) is 3.15. The predicted octanol–water partition coefficient (Wildman–Crippen LogP) is 1.67. The van der Waals surface area contributed by atoms with Crippen molar-refractivity contribution in [3.63, 3.8) is 0 Å². The average Bonchev–Trinajstić information content (AvgIpc) is 2.67. The molecule has 0 spiro atoms. The molecule has 2 aromatic rings. The van der Waals surface area contributed by atoms with E-state index in [1.165, 1.54) is 29.1 Å². The van der Waals surface area contributed by atoms with Gasteiger partial charge in [-0.25, -0.2) is 14.1 Å². The molecule has 0 saturated carbocycles. The van der Waals surface area contributed by atoms with Crippen LogP contribution in [0.2, 0.25) is 0 Å². The van der Waals surface area contributed by atoms with Gasteiger partial charge in [0, 0.05) is 0 Å². The van der Waals surface area contributed by atoms with Gasteiger partial charge in [0.05, 0.1) is 23.7 Å². The van der Waals surface area contributed by atoms with Crippen molar-refractivity contribution in [1.82, 2.24) is 9.66 Å². The fourth-order valence-electron chi connectivity index (χ4n) is 1.43. The summed E-state index contributed by atoms with van der Waals surface area (Å²) in [7, 11) is 0. The second-order valence-electron chi connectivity index (χ2n) is 3.68. The van der Waals surface area contributed by atoms with Gasteiger partial charge in [0.1, 0.15) is 11.9 Å². The predicted molar refractivity (Wildman–Crippen MR) is 65.5 cm³/mol. The summed E-state index contributed by atoms with van der Waals surface area (Å²) < 4.78 is 14.5. The number of hydrogen-bond donors (Lipinski definition) is 1. The smallest absolute Gasteiger partial charge is 0.221 e. The maximum atomic E-state index is 13.1. The normalized spacial score (nSPS) is 10.7. The molecular weight excluding hydrogens is 233 g/mol. The van der Waals surface area contributed by atoms with E-state index in [1.807, 2.05) is 0 Å². The van der Waals surface area contributed by atoms with Gasteiger partial charge in [-0.1, -0.05) is 6.07 Å². The van der Waals surface area contributed by atoms with Crippen molar-refractivity contribution in [1.29, 1.82) is 5.26 Å². The fraction of sp³-hybridized carbons (Fsp3) is 0.0833. The lowest BCUT2D eigenvalue weighted by Crippen LogP contribution is -1.97. The lowest BCUT2D eigenvalue weighted by atomic mass is 10.1. The van der Waals surface area contributed by atoms with Crippen LogP contribution in [0.1, 0.15) is 16.8 Å². The van der Waals surface area contributed by atoms with Gasteiger partial charge in [-0.05, 0) is 24.6 Å². The number of nitrogens with zero attached hydrogens (tertiary/aromatic N) is 4. The lowest BCUT2D eigenvalue weighted by molar-refractivity contribution is 0.624. The minimum Gasteiger partial charge on any atom is -0.368 e. The van der Waals surface area contributed by atoms with E-state index in [0.29, 0.717) is 5.56 Å². The summed E-state index contributed by atoms with van der Waals surface area (Å²) in [5, 5.41) is 12.8. The van der Waals surface area contributed by atoms with Crippen molar-refractivity contribution >= 4 is 12.2 Å². The van der Waals surface area contributed by atoms with Crippen molar-refractivity contribution in [3.05, 3.63) is 47.0 Å². The van der Waals surface area contributed by atoms with E-state index in [-0.39, 0.29) is 11.5 Å². The zero-order valence-corrected chi connectivity index (χ0v) is 9.63. The van der Waals surface area contributed by atoms with E-state index in [9.17, 15) is 4.39 Å². The molecule has 0 fully saturated rings. The Labute approximate surface area is 103 Å². The van der Waals surface area contributed by atoms with Crippen molar-refractivity contribution in [2.75, 3.05) is 5.73 Å². The van der Waals surface area contributed by atoms with E-state index < -0.39 is 5.82 Å². The highest BCUT2D eigenvalue weighted by atomic mass is 19.1. The van der Waals surface area contributed by atoms with Crippen LogP contribution < -0.4 is 5.73 Å². The number of aryl methyl sites for hydroxylation is 1. The van der Waals surface area contributed by atoms with Gasteiger partial charge in [0.2, 0.25) is 5.95 Å². The third kappa shape index (κ3) is 2.35. The van der Waals surface area contributed by atoms with Gasteiger partial charge >= 0.3 is 0 Å². The molecule has 0 bridgehead atoms. The standard InChI is InChI=1S/C12H10FN5/c1-8-7-18(12(15)17-8)16-6-9-2-3-11(13)10(4-9)5-14/h2-4,6-7H,1H3,(H2,15,17). The van der Waals surface area contributed by atoms with Crippen LogP contribution in [0.15, 0.2) is 29.5 Å². The molecule has 1 aromatic heterocycles. The lowest BCUT2D eigenvalue weighted by Gasteiger charge is -1.97. The van der Waals surface area contributed by atoms with Crippen LogP contribution in [-0.4, -0.2) is 15.9 Å². The first-order valence-corrected chi connectivity index (χ1v) is 5.15. The Bertz CT molecular complexity index is 651. The van der Waals surface area contributed by atoms with E-state index in [1.54, 1.807) is 19.2 Å². The minimum atomic E-state index is -0.548. The van der Waals surface area contributed by atoms with Crippen LogP contribution in [0.25, 0.3) is 0 Å². The highest BCUT2D eigenvalue weighted by molar-refractivity contribution is 5.80. The number of halogens is 1. The SMILES string of the molecule is Cc1cn(N=Cc2ccc(F)c(C#N)c2)c(N)n1. The molecule has 90 valence electrons. The molecule has 1 heterocycles. The highest BCUT2D eigenvalue weighted by Gasteiger charge is 2.02. The molecule has 1 aromatic carbocycles. The summed E-state index contributed by atoms with van der Waals surface area (Å²) in [6.45, 7) is 1.80. The zero-order chi connectivity index (χ0) is 13.1. The first kappa shape index (κ1) is 11.8. The van der Waals surface area contributed by atoms with Gasteiger partial charge in [-0.15, -0.1) is 0 Å². The quantitative estimate of drug-likeness (QED) is 0.814. The van der Waals surface area contributed by atoms with Crippen molar-refractivity contribution in [2.45, 2.75) is 6.92 Å². The molecule has 0 unspecified atom stereocenters. The van der Waals surface area contributed by atoms with Gasteiger partial charge in [0.15, 0.2) is 0 Å². The van der Waals surface area contributed by atoms with Crippen LogP contribution in [0.5, 0.6) is 0 Å². The van der Waals surface area contributed by atoms with Gasteiger partial charge in [0.25, 0.3) is 0 Å². The Balaban J connectivity index is 2.29. The number of hydrogen-bond acceptors (Lipinski definition) is 4. The topological polar surface area (TPSA) is 80.0 Å². The number of anilines is 1. The Morgan fingerprint density at radius 2 is 2.33 bits per heavy atom. The number of nitrogens with two attached hydrogens (primary N) is 1. The number of nitriles is 1. The first-order chi connectivity index (χ1) is 8.60. The summed E-state index contributed by atoms with van der Waals surface area (Å²) in [5.41, 5.74) is 6.95. The Morgan fingerprint density at radius 3 is 2.94 bits per heavy atom. The summed E-state index contributed by atoms with van der Waals surface area (Å²) in [4.78, 5) is 3.99. The Morgan fingerprint density at radius 1 is 1.56 bits per heavy atom. The van der Waals surface area contributed by atoms with Crippen LogP contribution in [0, 0.1) is 24.1 Å². The number of imidazole rings is 1. The van der Waals surface area contributed by atoms with Crippen LogP contribution in [0.4, 0.5) is 10.3 Å². The molecule has 6 heteroatoms. The summed E-state index contributed by atoms with van der Waals surface area (Å²) >= 11 is 0. The molecule has 0 aliphatic rings. The van der Waals surface area contributed by atoms with E-state index in [4.69, 9.17) is 11.0 Å². The van der Waals surface area contributed by atoms with E-state index in [0.717, 1.165) is 5.69 Å². The average molecular weight is 243 g/mol. The molecular formula is C12H10FN5. The van der Waals surface area contributed by atoms with Crippen molar-refractivity contribution in [3.8, 4) is 6.07 Å². The molecule has 2 rings (SSSR count). The molecule has 18 heavy (non-hydrogen) atoms. The molecule has 2 N–H and O–H groups in total. The first-order valence-electron chi connectivity index (χ1n) is 5.15. The molecule has 0 atom stereocenters. The third-order valence-corrected chi connectivity index (χ3v) is 2.28. The monoisotopic (exact) mass is 243 g/mol. The second-order valence-corrected chi connectivity index (χ2v) is 3.68. The van der Waals surface area contributed by atoms with Crippen LogP contribution in [-0.2, 0) is 0 Å². The van der Waals surface area contributed by atoms with Gasteiger partial charge < -0.3 is 5.73 Å². The highest BCUT2D eigenvalue weighted by Crippen LogP contribution is 2.09. The largest absolute Gasteiger partial charge is 0.368 e. The number of benzene rings is 1. The molecule has 0 amide bonds. The van der Waals surface area contributed by atoms with Crippen molar-refractivity contribution in [2.24, 2.45) is 5.10 Å². The molecule has 0 radical (unpaired) electrons. The third-order valence-electron chi connectivity index (χ3n) is 2.28. The molecule has 5 nitrogen and oxygen atoms in total. The maximum Gasteiger partial charge on any atom is 0.221 e. The Hall–Kier alpha value is -2.68. The number of aromatic nitrogens is 2. The zero-order valence-electron chi connectivity index (χ0n) is 9.63. The maximum absolute atomic E-state index is 13.1. The number of nitrogen functional groups attached to an aromatic ring is 1. The molecule has 0 saturated heterocycles. The van der Waals surface area contributed by atoms with Crippen LogP contribution in [0.3, 0.4) is 0 Å². The van der Waals surface area contributed by atoms with Gasteiger partial charge in [-0.2, -0.15) is 10.4 Å². The summed E-state index contributed by atoms with van der Waals surface area (Å²) in [6, 6.07) is 5.94. The number of rotatable bonds is 2. The van der Waals surface area contributed by atoms with Crippen molar-refractivity contribution < 1.29 is 4.39 Å². The van der Waals surface area contributed by atoms with E-state index >= 15 is 0 Å². The Kier molecular flexibility index (Phi) is 3.06. The molecule has 0 aliphatic heterocycles. The van der Waals surface area contributed by atoms with Crippen LogP contribution >= 0.6 is 0 Å². The second kappa shape index (κ2) is 4.67. The minimum absolute atomic E-state index is 0.0197. The van der Waals surface area contributed by atoms with Gasteiger partial charge in [-0.3, -0.25) is 0 Å². The fourth-order valence-corrected chi connectivity index (χ4v) is 1.43.